The second-order valence-corrected chi connectivity index (χ2v) is 8.37. The SMILES string of the molecule is CCN(C(=O)CC(=O)NCCc1ccc(F)cc1)C1CCS(=O)(=O)C1. The molecule has 1 unspecified atom stereocenters. The van der Waals surface area contributed by atoms with Crippen molar-refractivity contribution in [2.24, 2.45) is 0 Å². The number of amides is 2. The maximum absolute atomic E-state index is 12.8. The van der Waals surface area contributed by atoms with E-state index >= 15 is 0 Å². The minimum absolute atomic E-state index is 0.0290. The maximum Gasteiger partial charge on any atom is 0.232 e. The second kappa shape index (κ2) is 8.42. The first-order chi connectivity index (χ1) is 11.8. The highest BCUT2D eigenvalue weighted by molar-refractivity contribution is 7.91. The lowest BCUT2D eigenvalue weighted by atomic mass is 10.1. The molecule has 1 saturated heterocycles. The van der Waals surface area contributed by atoms with Gasteiger partial charge in [-0.3, -0.25) is 9.59 Å². The fraction of sp³-hybridized carbons (Fsp3) is 0.529. The van der Waals surface area contributed by atoms with Gasteiger partial charge in [-0.05, 0) is 37.5 Å². The van der Waals surface area contributed by atoms with Crippen LogP contribution in [0.1, 0.15) is 25.3 Å². The van der Waals surface area contributed by atoms with E-state index in [2.05, 4.69) is 5.32 Å². The van der Waals surface area contributed by atoms with E-state index in [-0.39, 0.29) is 35.7 Å². The molecule has 1 aromatic carbocycles. The van der Waals surface area contributed by atoms with E-state index in [1.165, 1.54) is 17.0 Å². The van der Waals surface area contributed by atoms with Crippen LogP contribution in [0, 0.1) is 5.82 Å². The van der Waals surface area contributed by atoms with Crippen LogP contribution in [0.5, 0.6) is 0 Å². The van der Waals surface area contributed by atoms with Crippen LogP contribution >= 0.6 is 0 Å². The Hall–Kier alpha value is -1.96. The molecule has 6 nitrogen and oxygen atoms in total. The van der Waals surface area contributed by atoms with Crippen molar-refractivity contribution in [1.29, 1.82) is 0 Å². The zero-order valence-electron chi connectivity index (χ0n) is 14.2. The average Bonchev–Trinajstić information content (AvgIpc) is 2.89. The Balaban J connectivity index is 1.78. The molecular formula is C17H23FN2O4S. The minimum Gasteiger partial charge on any atom is -0.355 e. The van der Waals surface area contributed by atoms with Gasteiger partial charge in [-0.25, -0.2) is 12.8 Å². The average molecular weight is 370 g/mol. The summed E-state index contributed by atoms with van der Waals surface area (Å²) in [6.07, 6.45) is 0.667. The summed E-state index contributed by atoms with van der Waals surface area (Å²) in [5, 5.41) is 2.66. The highest BCUT2D eigenvalue weighted by atomic mass is 32.2. The fourth-order valence-electron chi connectivity index (χ4n) is 2.96. The molecule has 0 saturated carbocycles. The minimum atomic E-state index is -3.08. The summed E-state index contributed by atoms with van der Waals surface area (Å²) < 4.78 is 35.9. The number of sulfone groups is 1. The number of hydrogen-bond donors (Lipinski definition) is 1. The van der Waals surface area contributed by atoms with Gasteiger partial charge >= 0.3 is 0 Å². The molecule has 0 bridgehead atoms. The summed E-state index contributed by atoms with van der Waals surface area (Å²) in [7, 11) is -3.08. The number of benzene rings is 1. The largest absolute Gasteiger partial charge is 0.355 e. The second-order valence-electron chi connectivity index (χ2n) is 6.14. The standard InChI is InChI=1S/C17H23FN2O4S/c1-2-20(15-8-10-25(23,24)12-15)17(22)11-16(21)19-9-7-13-3-5-14(18)6-4-13/h3-6,15H,2,7-12H2,1H3,(H,19,21). The van der Waals surface area contributed by atoms with E-state index in [0.717, 1.165) is 5.56 Å². The highest BCUT2D eigenvalue weighted by Gasteiger charge is 2.34. The quantitative estimate of drug-likeness (QED) is 0.723. The topological polar surface area (TPSA) is 83.6 Å². The summed E-state index contributed by atoms with van der Waals surface area (Å²) in [4.78, 5) is 25.7. The Labute approximate surface area is 147 Å². The van der Waals surface area contributed by atoms with Crippen LogP contribution in [-0.4, -0.2) is 55.8 Å². The van der Waals surface area contributed by atoms with Gasteiger partial charge in [-0.2, -0.15) is 0 Å². The molecule has 138 valence electrons. The summed E-state index contributed by atoms with van der Waals surface area (Å²) in [5.74, 6) is -1.01. The molecule has 1 heterocycles. The van der Waals surface area contributed by atoms with E-state index < -0.39 is 15.7 Å². The first kappa shape index (κ1) is 19.4. The lowest BCUT2D eigenvalue weighted by molar-refractivity contribution is -0.137. The van der Waals surface area contributed by atoms with E-state index in [0.29, 0.717) is 25.9 Å². The normalized spacial score (nSPS) is 18.7. The van der Waals surface area contributed by atoms with Gasteiger partial charge in [0.2, 0.25) is 11.8 Å². The van der Waals surface area contributed by atoms with Gasteiger partial charge in [0.1, 0.15) is 12.2 Å². The molecule has 1 aliphatic heterocycles. The molecule has 1 N–H and O–H groups in total. The van der Waals surface area contributed by atoms with Gasteiger partial charge in [-0.15, -0.1) is 0 Å². The maximum atomic E-state index is 12.8. The third-order valence-corrected chi connectivity index (χ3v) is 6.02. The number of nitrogens with zero attached hydrogens (tertiary/aromatic N) is 1. The van der Waals surface area contributed by atoms with Gasteiger partial charge in [0.05, 0.1) is 11.5 Å². The first-order valence-electron chi connectivity index (χ1n) is 8.32. The summed E-state index contributed by atoms with van der Waals surface area (Å²) >= 11 is 0. The summed E-state index contributed by atoms with van der Waals surface area (Å²) in [6, 6.07) is 5.66. The Kier molecular flexibility index (Phi) is 6.52. The predicted molar refractivity (Wildman–Crippen MR) is 92.2 cm³/mol. The molecule has 1 aliphatic rings. The first-order valence-corrected chi connectivity index (χ1v) is 10.1. The Morgan fingerprint density at radius 3 is 2.52 bits per heavy atom. The van der Waals surface area contributed by atoms with Crippen molar-refractivity contribution in [3.05, 3.63) is 35.6 Å². The lowest BCUT2D eigenvalue weighted by Gasteiger charge is -2.26. The zero-order chi connectivity index (χ0) is 18.4. The number of hydrogen-bond acceptors (Lipinski definition) is 4. The van der Waals surface area contributed by atoms with Crippen LogP contribution in [0.3, 0.4) is 0 Å². The third kappa shape index (κ3) is 5.81. The van der Waals surface area contributed by atoms with E-state index in [9.17, 15) is 22.4 Å². The number of carbonyl (C=O) groups is 2. The van der Waals surface area contributed by atoms with Crippen molar-refractivity contribution in [1.82, 2.24) is 10.2 Å². The Morgan fingerprint density at radius 1 is 1.28 bits per heavy atom. The molecule has 0 spiro atoms. The van der Waals surface area contributed by atoms with Gasteiger partial charge in [0.25, 0.3) is 0 Å². The monoisotopic (exact) mass is 370 g/mol. The molecule has 2 rings (SSSR count). The van der Waals surface area contributed by atoms with E-state index in [1.807, 2.05) is 0 Å². The molecule has 1 fully saturated rings. The van der Waals surface area contributed by atoms with Gasteiger partial charge in [-0.1, -0.05) is 12.1 Å². The van der Waals surface area contributed by atoms with Crippen LogP contribution in [0.4, 0.5) is 4.39 Å². The zero-order valence-corrected chi connectivity index (χ0v) is 15.0. The van der Waals surface area contributed by atoms with Crippen LogP contribution in [0.25, 0.3) is 0 Å². The molecule has 2 amide bonds. The van der Waals surface area contributed by atoms with Crippen LogP contribution in [0.15, 0.2) is 24.3 Å². The molecule has 0 aliphatic carbocycles. The molecule has 1 aromatic rings. The fourth-order valence-corrected chi connectivity index (χ4v) is 4.69. The van der Waals surface area contributed by atoms with Crippen LogP contribution in [0.2, 0.25) is 0 Å². The van der Waals surface area contributed by atoms with Crippen molar-refractivity contribution in [3.8, 4) is 0 Å². The van der Waals surface area contributed by atoms with Gasteiger partial charge in [0.15, 0.2) is 9.84 Å². The molecule has 25 heavy (non-hydrogen) atoms. The number of carbonyl (C=O) groups excluding carboxylic acids is 2. The third-order valence-electron chi connectivity index (χ3n) is 4.27. The van der Waals surface area contributed by atoms with E-state index in [1.54, 1.807) is 19.1 Å². The molecule has 8 heteroatoms. The van der Waals surface area contributed by atoms with Crippen molar-refractivity contribution in [2.45, 2.75) is 32.2 Å². The Morgan fingerprint density at radius 2 is 1.96 bits per heavy atom. The van der Waals surface area contributed by atoms with Crippen LogP contribution < -0.4 is 5.32 Å². The van der Waals surface area contributed by atoms with Crippen molar-refractivity contribution in [3.63, 3.8) is 0 Å². The Bertz CT molecular complexity index is 719. The molecule has 1 atom stereocenters. The van der Waals surface area contributed by atoms with E-state index in [4.69, 9.17) is 0 Å². The van der Waals surface area contributed by atoms with Crippen molar-refractivity contribution in [2.75, 3.05) is 24.6 Å². The molecular weight excluding hydrogens is 347 g/mol. The number of halogens is 1. The van der Waals surface area contributed by atoms with Crippen LogP contribution in [-0.2, 0) is 25.8 Å². The number of rotatable bonds is 7. The predicted octanol–water partition coefficient (Wildman–Crippen LogP) is 0.910. The number of nitrogens with one attached hydrogen (secondary N) is 1. The van der Waals surface area contributed by atoms with Gasteiger partial charge < -0.3 is 10.2 Å². The smallest absolute Gasteiger partial charge is 0.232 e. The highest BCUT2D eigenvalue weighted by Crippen LogP contribution is 2.18. The van der Waals surface area contributed by atoms with Crippen molar-refractivity contribution < 1.29 is 22.4 Å². The van der Waals surface area contributed by atoms with Crippen molar-refractivity contribution >= 4 is 21.7 Å². The molecule has 0 aromatic heterocycles. The summed E-state index contributed by atoms with van der Waals surface area (Å²) in [5.41, 5.74) is 0.888. The summed E-state index contributed by atoms with van der Waals surface area (Å²) in [6.45, 7) is 2.50. The molecule has 0 radical (unpaired) electrons. The lowest BCUT2D eigenvalue weighted by Crippen LogP contribution is -2.43. The van der Waals surface area contributed by atoms with Gasteiger partial charge in [0, 0.05) is 19.1 Å².